The van der Waals surface area contributed by atoms with Crippen LogP contribution in [-0.4, -0.2) is 174 Å². The molecular weight excluding hydrogens is 1650 g/mol. The van der Waals surface area contributed by atoms with Gasteiger partial charge < -0.3 is 77.3 Å². The summed E-state index contributed by atoms with van der Waals surface area (Å²) in [5, 5.41) is 39.9. The summed E-state index contributed by atoms with van der Waals surface area (Å²) < 4.78 is 67.8. The van der Waals surface area contributed by atoms with Crippen LogP contribution in [0.25, 0.3) is 0 Å². The van der Waals surface area contributed by atoms with Crippen molar-refractivity contribution in [1.82, 2.24) is 0 Å². The lowest BCUT2D eigenvalue weighted by molar-refractivity contribution is 0.0113. The number of benzene rings is 8. The predicted octanol–water partition coefficient (Wildman–Crippen LogP) is 23.3. The smallest absolute Gasteiger partial charge is 0.119 e. The van der Waals surface area contributed by atoms with Crippen molar-refractivity contribution in [3.05, 3.63) is 239 Å². The fraction of sp³-hybridized carbons (Fsp3) is 0.538. The van der Waals surface area contributed by atoms with Crippen molar-refractivity contribution in [2.75, 3.05) is 129 Å². The number of hydrogen-bond donors (Lipinski definition) is 4. The summed E-state index contributed by atoms with van der Waals surface area (Å²) in [7, 11) is 0. The van der Waals surface area contributed by atoms with Gasteiger partial charge in [0.25, 0.3) is 0 Å². The lowest BCUT2D eigenvalue weighted by atomic mass is 9.78. The van der Waals surface area contributed by atoms with Crippen LogP contribution >= 0.6 is 46.4 Å². The molecule has 124 heavy (non-hydrogen) atoms. The summed E-state index contributed by atoms with van der Waals surface area (Å²) in [5.41, 5.74) is 8.94. The minimum atomic E-state index is -0.624. The average Bonchev–Trinajstić information content (AvgIpc) is 0.819. The molecule has 2 unspecified atom stereocenters. The van der Waals surface area contributed by atoms with E-state index in [-0.39, 0.29) is 48.1 Å². The van der Waals surface area contributed by atoms with Crippen molar-refractivity contribution in [1.29, 1.82) is 0 Å². The topological polar surface area (TPSA) is 192 Å². The second-order valence-electron chi connectivity index (χ2n) is 34.6. The van der Waals surface area contributed by atoms with Crippen LogP contribution in [0.4, 0.5) is 0 Å². The fourth-order valence-corrected chi connectivity index (χ4v) is 12.7. The first-order valence-corrected chi connectivity index (χ1v) is 46.7. The Morgan fingerprint density at radius 2 is 0.347 bits per heavy atom. The molecule has 0 spiro atoms. The number of aliphatic hydroxyl groups is 4. The molecule has 8 atom stereocenters. The fourth-order valence-electron chi connectivity index (χ4n) is 12.4. The minimum Gasteiger partial charge on any atom is -0.493 e. The van der Waals surface area contributed by atoms with Crippen LogP contribution < -0.4 is 37.9 Å². The first-order chi connectivity index (χ1) is 59.4. The quantitative estimate of drug-likeness (QED) is 0.0208. The molecule has 0 amide bonds. The van der Waals surface area contributed by atoms with E-state index in [1.165, 1.54) is 44.5 Å². The van der Waals surface area contributed by atoms with Gasteiger partial charge in [-0.3, -0.25) is 0 Å². The Balaban J connectivity index is 0.000000294. The molecule has 0 heterocycles. The van der Waals surface area contributed by atoms with Gasteiger partial charge in [-0.15, -0.1) is 46.4 Å². The highest BCUT2D eigenvalue weighted by molar-refractivity contribution is 6.18. The maximum absolute atomic E-state index is 9.98. The Labute approximate surface area is 764 Å². The molecule has 0 saturated heterocycles. The van der Waals surface area contributed by atoms with Crippen LogP contribution in [0.5, 0.6) is 46.0 Å². The first kappa shape index (κ1) is 108. The lowest BCUT2D eigenvalue weighted by Gasteiger charge is -2.26. The highest BCUT2D eigenvalue weighted by Crippen LogP contribution is 2.38. The number of aliphatic hydroxyl groups excluding tert-OH is 4. The standard InChI is InChI=1S/4C26H37ClO4/c4*1-5-6-15-29-18-23(28)19-31-25-13-9-22(10-14-25)26(3,4)21-7-11-24(12-8-21)30-17-20(2)16-27/h4*7-14,20,23,28H,5-6,15-19H2,1-4H3/t2*20-,23+;20-,23-;/m101./s1. The number of hydrogen-bond acceptors (Lipinski definition) is 16. The summed E-state index contributed by atoms with van der Waals surface area (Å²) >= 11 is 23.4. The molecule has 0 radical (unpaired) electrons. The van der Waals surface area contributed by atoms with Crippen LogP contribution in [0.3, 0.4) is 0 Å². The van der Waals surface area contributed by atoms with Crippen LogP contribution in [0.2, 0.25) is 0 Å². The Morgan fingerprint density at radius 1 is 0.218 bits per heavy atom. The summed E-state index contributed by atoms with van der Waals surface area (Å²) in [4.78, 5) is 0. The Kier molecular flexibility index (Phi) is 51.3. The molecule has 0 fully saturated rings. The summed E-state index contributed by atoms with van der Waals surface area (Å²) in [6.45, 7) is 41.6. The Bertz CT molecular complexity index is 3500. The molecule has 0 aliphatic heterocycles. The van der Waals surface area contributed by atoms with E-state index in [2.05, 4.69) is 208 Å². The van der Waals surface area contributed by atoms with Crippen molar-refractivity contribution in [2.24, 2.45) is 23.7 Å². The van der Waals surface area contributed by atoms with Crippen molar-refractivity contribution in [3.63, 3.8) is 0 Å². The third-order valence-electron chi connectivity index (χ3n) is 21.4. The van der Waals surface area contributed by atoms with Gasteiger partial charge in [-0.1, -0.05) is 234 Å². The zero-order valence-corrected chi connectivity index (χ0v) is 80.1. The molecule has 8 rings (SSSR count). The van der Waals surface area contributed by atoms with E-state index in [1.54, 1.807) is 0 Å². The van der Waals surface area contributed by atoms with Crippen LogP contribution in [0.1, 0.15) is 207 Å². The molecule has 8 aromatic carbocycles. The van der Waals surface area contributed by atoms with E-state index in [0.29, 0.717) is 126 Å². The van der Waals surface area contributed by atoms with Gasteiger partial charge in [0.1, 0.15) is 96.8 Å². The van der Waals surface area contributed by atoms with Gasteiger partial charge in [0, 0.05) is 95.3 Å². The Hall–Kier alpha value is -7.00. The lowest BCUT2D eigenvalue weighted by Crippen LogP contribution is -2.23. The van der Waals surface area contributed by atoms with Gasteiger partial charge in [-0.25, -0.2) is 0 Å². The molecule has 16 nitrogen and oxygen atoms in total. The molecule has 688 valence electrons. The highest BCUT2D eigenvalue weighted by Gasteiger charge is 2.28. The van der Waals surface area contributed by atoms with Crippen LogP contribution in [-0.2, 0) is 40.6 Å². The third-order valence-corrected chi connectivity index (χ3v) is 23.5. The van der Waals surface area contributed by atoms with Gasteiger partial charge in [0.15, 0.2) is 0 Å². The summed E-state index contributed by atoms with van der Waals surface area (Å²) in [6, 6.07) is 65.2. The van der Waals surface area contributed by atoms with Crippen molar-refractivity contribution >= 4 is 46.4 Å². The maximum atomic E-state index is 9.98. The minimum absolute atomic E-state index is 0.160. The SMILES string of the molecule is CCCCOCC(O)COc1ccc(C(C)(C)c2ccc(OCC(C)CCl)cc2)cc1.CCCCOC[C@@H](O)COc1ccc(C(C)(C)c2ccc(OC[C@@H](C)CCl)cc2)cc1.CCCCOC[C@@H](O)COc1ccc(C(C)(C)c2ccc(OC[C@H](C)CCl)cc2)cc1.CCCCOC[C@H](O)COc1ccc(C(C)(C)c2ccc(OC[C@H](C)CCl)cc2)cc1. The van der Waals surface area contributed by atoms with E-state index < -0.39 is 24.4 Å². The number of ether oxygens (including phenoxy) is 12. The molecule has 20 heteroatoms. The van der Waals surface area contributed by atoms with Crippen molar-refractivity contribution in [2.45, 2.75) is 208 Å². The largest absolute Gasteiger partial charge is 0.493 e. The molecule has 0 saturated carbocycles. The van der Waals surface area contributed by atoms with E-state index in [4.69, 9.17) is 103 Å². The number of halogens is 4. The van der Waals surface area contributed by atoms with E-state index >= 15 is 0 Å². The molecule has 0 aliphatic carbocycles. The van der Waals surface area contributed by atoms with Crippen LogP contribution in [0, 0.1) is 23.7 Å². The van der Waals surface area contributed by atoms with Crippen molar-refractivity contribution < 1.29 is 77.3 Å². The summed E-state index contributed by atoms with van der Waals surface area (Å²) in [6.07, 6.45) is 5.87. The number of unbranched alkanes of at least 4 members (excludes halogenated alkanes) is 4. The second-order valence-corrected chi connectivity index (χ2v) is 35.8. The zero-order chi connectivity index (χ0) is 90.8. The van der Waals surface area contributed by atoms with Crippen molar-refractivity contribution in [3.8, 4) is 46.0 Å². The second kappa shape index (κ2) is 59.2. The normalized spacial score (nSPS) is 13.6. The van der Waals surface area contributed by atoms with E-state index in [9.17, 15) is 20.4 Å². The van der Waals surface area contributed by atoms with Crippen LogP contribution in [0.15, 0.2) is 194 Å². The van der Waals surface area contributed by atoms with E-state index in [1.807, 2.05) is 97.1 Å². The first-order valence-electron chi connectivity index (χ1n) is 44.6. The van der Waals surface area contributed by atoms with Gasteiger partial charge in [-0.2, -0.15) is 0 Å². The maximum Gasteiger partial charge on any atom is 0.119 e. The van der Waals surface area contributed by atoms with Gasteiger partial charge in [0.2, 0.25) is 0 Å². The number of rotatable bonds is 56. The Morgan fingerprint density at radius 3 is 0.468 bits per heavy atom. The number of alkyl halides is 4. The zero-order valence-electron chi connectivity index (χ0n) is 77.1. The summed E-state index contributed by atoms with van der Waals surface area (Å²) in [5.74, 6) is 10.1. The molecule has 0 aliphatic rings. The van der Waals surface area contributed by atoms with Gasteiger partial charge in [0.05, 0.1) is 52.9 Å². The predicted molar refractivity (Wildman–Crippen MR) is 510 cm³/mol. The van der Waals surface area contributed by atoms with Gasteiger partial charge in [-0.05, 0) is 167 Å². The molecule has 0 bridgehead atoms. The third kappa shape index (κ3) is 40.1. The van der Waals surface area contributed by atoms with Gasteiger partial charge >= 0.3 is 0 Å². The highest BCUT2D eigenvalue weighted by atomic mass is 35.5. The molecule has 4 N–H and O–H groups in total. The molecule has 8 aromatic rings. The molecular formula is C104H148Cl4O16. The average molecular weight is 1800 g/mol. The van der Waals surface area contributed by atoms with E-state index in [0.717, 1.165) is 97.4 Å². The monoisotopic (exact) mass is 1790 g/mol. The molecule has 0 aromatic heterocycles.